The van der Waals surface area contributed by atoms with Gasteiger partial charge in [0, 0.05) is 12.0 Å². The van der Waals surface area contributed by atoms with E-state index in [9.17, 15) is 9.59 Å². The Morgan fingerprint density at radius 3 is 2.11 bits per heavy atom. The van der Waals surface area contributed by atoms with Crippen LogP contribution in [0.25, 0.3) is 0 Å². The van der Waals surface area contributed by atoms with Crippen molar-refractivity contribution in [2.45, 2.75) is 39.7 Å². The van der Waals surface area contributed by atoms with E-state index in [1.54, 1.807) is 6.92 Å². The average molecular weight is 246 g/mol. The van der Waals surface area contributed by atoms with Gasteiger partial charge in [-0.3, -0.25) is 9.59 Å². The van der Waals surface area contributed by atoms with E-state index in [4.69, 9.17) is 4.74 Å². The summed E-state index contributed by atoms with van der Waals surface area (Å²) < 4.78 is 5.21. The summed E-state index contributed by atoms with van der Waals surface area (Å²) in [6, 6.07) is 3.93. The number of aryl methyl sites for hydroxylation is 3. The topological polar surface area (TPSA) is 46.7 Å². The van der Waals surface area contributed by atoms with E-state index in [0.717, 1.165) is 16.7 Å². The van der Waals surface area contributed by atoms with Crippen molar-refractivity contribution in [2.75, 3.05) is 6.61 Å². The van der Waals surface area contributed by atoms with Crippen molar-refractivity contribution < 1.29 is 14.3 Å². The maximum absolute atomic E-state index is 12.5. The Balaban J connectivity index is 2.45. The van der Waals surface area contributed by atoms with Gasteiger partial charge in [-0.15, -0.1) is 0 Å². The van der Waals surface area contributed by atoms with Crippen LogP contribution in [-0.2, 0) is 9.53 Å². The van der Waals surface area contributed by atoms with Crippen molar-refractivity contribution in [3.63, 3.8) is 0 Å². The summed E-state index contributed by atoms with van der Waals surface area (Å²) in [5, 5.41) is 0. The van der Waals surface area contributed by atoms with Gasteiger partial charge in [-0.2, -0.15) is 0 Å². The van der Waals surface area contributed by atoms with E-state index >= 15 is 0 Å². The van der Waals surface area contributed by atoms with Gasteiger partial charge in [0.25, 0.3) is 0 Å². The maximum atomic E-state index is 12.5. The van der Waals surface area contributed by atoms with Gasteiger partial charge < -0.3 is 4.74 Å². The van der Waals surface area contributed by atoms with Gasteiger partial charge in [0.15, 0.2) is 5.78 Å². The summed E-state index contributed by atoms with van der Waals surface area (Å²) in [7, 11) is 0. The van der Waals surface area contributed by atoms with Crippen LogP contribution < -0.4 is 0 Å². The molecule has 2 rings (SSSR count). The summed E-state index contributed by atoms with van der Waals surface area (Å²) in [5.74, 6) is -0.295. The number of epoxide rings is 1. The fraction of sp³-hybridized carbons (Fsp3) is 0.467. The standard InChI is InChI=1S/C15H18O3/c1-5-12(16)15(8-18-15)14(17)13-10(3)6-9(2)7-11(13)4/h6-7H,5,8H2,1-4H3. The molecule has 3 nitrogen and oxygen atoms in total. The van der Waals surface area contributed by atoms with Crippen LogP contribution >= 0.6 is 0 Å². The zero-order valence-electron chi connectivity index (χ0n) is 11.3. The quantitative estimate of drug-likeness (QED) is 0.466. The molecule has 96 valence electrons. The zero-order chi connectivity index (χ0) is 13.5. The van der Waals surface area contributed by atoms with Gasteiger partial charge in [0.05, 0.1) is 6.61 Å². The number of hydrogen-bond donors (Lipinski definition) is 0. The monoisotopic (exact) mass is 246 g/mol. The van der Waals surface area contributed by atoms with Crippen molar-refractivity contribution >= 4 is 11.6 Å². The first kappa shape index (κ1) is 13.0. The first-order chi connectivity index (χ1) is 8.42. The smallest absolute Gasteiger partial charge is 0.212 e. The number of ether oxygens (including phenoxy) is 1. The number of hydrogen-bond acceptors (Lipinski definition) is 3. The van der Waals surface area contributed by atoms with Gasteiger partial charge in [-0.1, -0.05) is 24.6 Å². The Morgan fingerprint density at radius 2 is 1.72 bits per heavy atom. The predicted octanol–water partition coefficient (Wildman–Crippen LogP) is 2.54. The number of Topliss-reactive ketones (excluding diaryl/α,β-unsaturated/α-hetero) is 2. The Hall–Kier alpha value is -1.48. The molecule has 0 radical (unpaired) electrons. The van der Waals surface area contributed by atoms with Crippen LogP contribution in [0.1, 0.15) is 40.4 Å². The summed E-state index contributed by atoms with van der Waals surface area (Å²) in [6.07, 6.45) is 0.329. The largest absolute Gasteiger partial charge is 0.353 e. The third-order valence-corrected chi connectivity index (χ3v) is 3.48. The molecule has 1 fully saturated rings. The molecule has 1 saturated heterocycles. The molecule has 0 spiro atoms. The lowest BCUT2D eigenvalue weighted by Gasteiger charge is -2.14. The van der Waals surface area contributed by atoms with Crippen molar-refractivity contribution in [1.82, 2.24) is 0 Å². The lowest BCUT2D eigenvalue weighted by Crippen LogP contribution is -2.34. The van der Waals surface area contributed by atoms with Gasteiger partial charge in [0.2, 0.25) is 11.4 Å². The third-order valence-electron chi connectivity index (χ3n) is 3.48. The summed E-state index contributed by atoms with van der Waals surface area (Å²) >= 11 is 0. The summed E-state index contributed by atoms with van der Waals surface area (Å²) in [5.41, 5.74) is 2.40. The van der Waals surface area contributed by atoms with Crippen LogP contribution in [0.5, 0.6) is 0 Å². The minimum Gasteiger partial charge on any atom is -0.353 e. The fourth-order valence-electron chi connectivity index (χ4n) is 2.52. The van der Waals surface area contributed by atoms with E-state index in [1.165, 1.54) is 0 Å². The highest BCUT2D eigenvalue weighted by molar-refractivity contribution is 6.20. The maximum Gasteiger partial charge on any atom is 0.212 e. The Labute approximate surface area is 107 Å². The van der Waals surface area contributed by atoms with E-state index in [0.29, 0.717) is 12.0 Å². The molecule has 0 amide bonds. The van der Waals surface area contributed by atoms with Crippen molar-refractivity contribution in [3.8, 4) is 0 Å². The van der Waals surface area contributed by atoms with Crippen molar-refractivity contribution in [3.05, 3.63) is 34.4 Å². The number of rotatable bonds is 4. The lowest BCUT2D eigenvalue weighted by molar-refractivity contribution is -0.122. The van der Waals surface area contributed by atoms with Crippen LogP contribution in [-0.4, -0.2) is 23.8 Å². The molecule has 1 aliphatic heterocycles. The van der Waals surface area contributed by atoms with E-state index in [2.05, 4.69) is 0 Å². The molecule has 0 aromatic heterocycles. The molecule has 1 unspecified atom stereocenters. The molecule has 1 aliphatic rings. The molecule has 1 aromatic rings. The molecule has 18 heavy (non-hydrogen) atoms. The Kier molecular flexibility index (Phi) is 3.11. The third kappa shape index (κ3) is 1.89. The van der Waals surface area contributed by atoms with Gasteiger partial charge in [0.1, 0.15) is 0 Å². The molecule has 0 saturated carbocycles. The van der Waals surface area contributed by atoms with E-state index in [1.807, 2.05) is 32.9 Å². The molecule has 1 atom stereocenters. The highest BCUT2D eigenvalue weighted by Gasteiger charge is 2.58. The molecule has 1 heterocycles. The Bertz CT molecular complexity index is 502. The van der Waals surface area contributed by atoms with Crippen LogP contribution in [0.15, 0.2) is 12.1 Å². The summed E-state index contributed by atoms with van der Waals surface area (Å²) in [4.78, 5) is 24.4. The molecule has 1 aromatic carbocycles. The van der Waals surface area contributed by atoms with Crippen LogP contribution in [0.2, 0.25) is 0 Å². The second-order valence-electron chi connectivity index (χ2n) is 5.00. The molecule has 0 aliphatic carbocycles. The fourth-order valence-corrected chi connectivity index (χ4v) is 2.52. The van der Waals surface area contributed by atoms with Gasteiger partial charge >= 0.3 is 0 Å². The minimum atomic E-state index is -1.18. The number of carbonyl (C=O) groups excluding carboxylic acids is 2. The number of carbonyl (C=O) groups is 2. The molecular formula is C15H18O3. The molecule has 3 heteroatoms. The Morgan fingerprint density at radius 1 is 1.22 bits per heavy atom. The van der Waals surface area contributed by atoms with Crippen molar-refractivity contribution in [1.29, 1.82) is 0 Å². The summed E-state index contributed by atoms with van der Waals surface area (Å²) in [6.45, 7) is 7.79. The SMILES string of the molecule is CCC(=O)C1(C(=O)c2c(C)cc(C)cc2C)CO1. The van der Waals surface area contributed by atoms with Gasteiger partial charge in [-0.25, -0.2) is 0 Å². The molecule has 0 N–H and O–H groups in total. The van der Waals surface area contributed by atoms with Crippen LogP contribution in [0, 0.1) is 20.8 Å². The predicted molar refractivity (Wildman–Crippen MR) is 69.0 cm³/mol. The average Bonchev–Trinajstić information content (AvgIpc) is 3.07. The van der Waals surface area contributed by atoms with E-state index in [-0.39, 0.29) is 18.2 Å². The highest BCUT2D eigenvalue weighted by atomic mass is 16.6. The van der Waals surface area contributed by atoms with Crippen LogP contribution in [0.4, 0.5) is 0 Å². The molecule has 0 bridgehead atoms. The molecular weight excluding hydrogens is 228 g/mol. The van der Waals surface area contributed by atoms with Crippen LogP contribution in [0.3, 0.4) is 0 Å². The number of ketones is 2. The zero-order valence-corrected chi connectivity index (χ0v) is 11.3. The van der Waals surface area contributed by atoms with Gasteiger partial charge in [-0.05, 0) is 31.9 Å². The second-order valence-corrected chi connectivity index (χ2v) is 5.00. The number of benzene rings is 1. The lowest BCUT2D eigenvalue weighted by atomic mass is 9.87. The van der Waals surface area contributed by atoms with Crippen molar-refractivity contribution in [2.24, 2.45) is 0 Å². The first-order valence-electron chi connectivity index (χ1n) is 6.22. The van der Waals surface area contributed by atoms with E-state index < -0.39 is 5.60 Å². The second kappa shape index (κ2) is 4.32. The highest BCUT2D eigenvalue weighted by Crippen LogP contribution is 2.35. The normalized spacial score (nSPS) is 21.8. The first-order valence-corrected chi connectivity index (χ1v) is 6.22. The minimum absolute atomic E-state index is 0.119.